The zero-order valence-corrected chi connectivity index (χ0v) is 12.2. The van der Waals surface area contributed by atoms with Crippen LogP contribution in [0.25, 0.3) is 0 Å². The molecule has 1 aliphatic carbocycles. The number of nitrogens with two attached hydrogens (primary N) is 1. The Morgan fingerprint density at radius 1 is 1.24 bits per heavy atom. The lowest BCUT2D eigenvalue weighted by atomic mass is 10.0. The Bertz CT molecular complexity index is 612. The van der Waals surface area contributed by atoms with Crippen LogP contribution >= 0.6 is 0 Å². The van der Waals surface area contributed by atoms with Gasteiger partial charge in [-0.25, -0.2) is 9.97 Å². The third-order valence-electron chi connectivity index (χ3n) is 4.10. The number of nitrogens with zero attached hydrogens (tertiary/aromatic N) is 3. The molecule has 0 radical (unpaired) electrons. The van der Waals surface area contributed by atoms with Crippen molar-refractivity contribution in [1.29, 1.82) is 0 Å². The van der Waals surface area contributed by atoms with Crippen molar-refractivity contribution < 1.29 is 9.59 Å². The van der Waals surface area contributed by atoms with Crippen molar-refractivity contribution in [3.05, 3.63) is 11.4 Å². The molecule has 2 amide bonds. The quantitative estimate of drug-likeness (QED) is 0.798. The molecule has 2 heterocycles. The number of piperidine rings is 1. The van der Waals surface area contributed by atoms with Crippen LogP contribution in [0.5, 0.6) is 0 Å². The summed E-state index contributed by atoms with van der Waals surface area (Å²) in [5.41, 5.74) is 6.68. The topological polar surface area (TPSA) is 101 Å². The van der Waals surface area contributed by atoms with E-state index in [1.807, 2.05) is 6.92 Å². The van der Waals surface area contributed by atoms with E-state index < -0.39 is 6.04 Å². The molecule has 2 fully saturated rings. The van der Waals surface area contributed by atoms with Crippen LogP contribution in [-0.2, 0) is 9.59 Å². The Morgan fingerprint density at radius 2 is 1.95 bits per heavy atom. The number of hydrogen-bond acceptors (Lipinski definition) is 6. The molecule has 2 aliphatic rings. The molecule has 3 N–H and O–H groups in total. The summed E-state index contributed by atoms with van der Waals surface area (Å²) in [5.74, 6) is 1.81. The van der Waals surface area contributed by atoms with Gasteiger partial charge in [0.25, 0.3) is 5.91 Å². The minimum Gasteiger partial charge on any atom is -0.383 e. The molecule has 1 unspecified atom stereocenters. The largest absolute Gasteiger partial charge is 0.383 e. The summed E-state index contributed by atoms with van der Waals surface area (Å²) < 4.78 is 0. The summed E-state index contributed by atoms with van der Waals surface area (Å²) in [6.45, 7) is 1.83. The van der Waals surface area contributed by atoms with E-state index in [1.54, 1.807) is 0 Å². The predicted octanol–water partition coefficient (Wildman–Crippen LogP) is 0.804. The molecule has 0 aromatic carbocycles. The van der Waals surface area contributed by atoms with Gasteiger partial charge in [-0.05, 0) is 26.2 Å². The second-order valence-electron chi connectivity index (χ2n) is 5.74. The van der Waals surface area contributed by atoms with Crippen molar-refractivity contribution in [2.45, 2.75) is 44.6 Å². The fourth-order valence-corrected chi connectivity index (χ4v) is 2.43. The van der Waals surface area contributed by atoms with E-state index in [-0.39, 0.29) is 11.8 Å². The van der Waals surface area contributed by atoms with Gasteiger partial charge in [0.1, 0.15) is 23.5 Å². The minimum atomic E-state index is -0.437. The van der Waals surface area contributed by atoms with Crippen molar-refractivity contribution in [3.63, 3.8) is 0 Å². The van der Waals surface area contributed by atoms with Gasteiger partial charge in [0.15, 0.2) is 0 Å². The maximum atomic E-state index is 12.1. The van der Waals surface area contributed by atoms with Gasteiger partial charge in [0.2, 0.25) is 5.91 Å². The Labute approximate surface area is 122 Å². The van der Waals surface area contributed by atoms with Crippen molar-refractivity contribution in [1.82, 2.24) is 14.9 Å². The first-order chi connectivity index (χ1) is 9.97. The summed E-state index contributed by atoms with van der Waals surface area (Å²) >= 11 is 0. The summed E-state index contributed by atoms with van der Waals surface area (Å²) in [4.78, 5) is 33.6. The third kappa shape index (κ3) is 2.55. The molecule has 1 aromatic heterocycles. The Kier molecular flexibility index (Phi) is 3.27. The SMILES string of the molecule is Cc1c(N)nc(C2CC2)nc1NC1CCC(=O)N(C)C1=O. The first kappa shape index (κ1) is 13.8. The third-order valence-corrected chi connectivity index (χ3v) is 4.10. The highest BCUT2D eigenvalue weighted by Gasteiger charge is 2.33. The number of nitrogens with one attached hydrogen (secondary N) is 1. The maximum Gasteiger partial charge on any atom is 0.251 e. The molecule has 3 rings (SSSR count). The number of nitrogen functional groups attached to an aromatic ring is 1. The van der Waals surface area contributed by atoms with E-state index in [0.29, 0.717) is 30.4 Å². The highest BCUT2D eigenvalue weighted by molar-refractivity contribution is 6.01. The monoisotopic (exact) mass is 289 g/mol. The van der Waals surface area contributed by atoms with Crippen LogP contribution in [0, 0.1) is 6.92 Å². The number of carbonyl (C=O) groups excluding carboxylic acids is 2. The smallest absolute Gasteiger partial charge is 0.251 e. The van der Waals surface area contributed by atoms with E-state index in [4.69, 9.17) is 5.73 Å². The highest BCUT2D eigenvalue weighted by atomic mass is 16.2. The number of hydrogen-bond donors (Lipinski definition) is 2. The lowest BCUT2D eigenvalue weighted by Gasteiger charge is -2.29. The van der Waals surface area contributed by atoms with Crippen LogP contribution in [0.3, 0.4) is 0 Å². The summed E-state index contributed by atoms with van der Waals surface area (Å²) in [5, 5.41) is 3.14. The number of carbonyl (C=O) groups is 2. The average molecular weight is 289 g/mol. The van der Waals surface area contributed by atoms with Crippen LogP contribution in [-0.4, -0.2) is 39.8 Å². The Balaban J connectivity index is 1.84. The normalized spacial score (nSPS) is 22.6. The van der Waals surface area contributed by atoms with E-state index in [2.05, 4.69) is 15.3 Å². The molecule has 7 heteroatoms. The second kappa shape index (κ2) is 4.98. The van der Waals surface area contributed by atoms with E-state index in [9.17, 15) is 9.59 Å². The fourth-order valence-electron chi connectivity index (χ4n) is 2.43. The van der Waals surface area contributed by atoms with Gasteiger partial charge < -0.3 is 11.1 Å². The molecule has 7 nitrogen and oxygen atoms in total. The summed E-state index contributed by atoms with van der Waals surface area (Å²) in [6.07, 6.45) is 3.00. The van der Waals surface area contributed by atoms with Gasteiger partial charge in [0.05, 0.1) is 0 Å². The van der Waals surface area contributed by atoms with Gasteiger partial charge >= 0.3 is 0 Å². The van der Waals surface area contributed by atoms with Crippen LogP contribution in [0.2, 0.25) is 0 Å². The van der Waals surface area contributed by atoms with Crippen molar-refractivity contribution in [2.75, 3.05) is 18.1 Å². The number of aromatic nitrogens is 2. The standard InChI is InChI=1S/C14H19N5O2/c1-7-11(15)17-13(8-3-4-8)18-12(7)16-9-5-6-10(20)19(2)14(9)21/h8-9H,3-6H2,1-2H3,(H3,15,16,17,18). The van der Waals surface area contributed by atoms with Crippen LogP contribution in [0.4, 0.5) is 11.6 Å². The highest BCUT2D eigenvalue weighted by Crippen LogP contribution is 2.39. The first-order valence-corrected chi connectivity index (χ1v) is 7.18. The zero-order chi connectivity index (χ0) is 15.1. The maximum absolute atomic E-state index is 12.1. The molecule has 0 bridgehead atoms. The van der Waals surface area contributed by atoms with E-state index >= 15 is 0 Å². The van der Waals surface area contributed by atoms with Crippen molar-refractivity contribution >= 4 is 23.5 Å². The summed E-state index contributed by atoms with van der Waals surface area (Å²) in [6, 6.07) is -0.437. The van der Waals surface area contributed by atoms with E-state index in [0.717, 1.165) is 24.2 Å². The molecule has 1 aliphatic heterocycles. The second-order valence-corrected chi connectivity index (χ2v) is 5.74. The van der Waals surface area contributed by atoms with Crippen molar-refractivity contribution in [3.8, 4) is 0 Å². The molecular weight excluding hydrogens is 270 g/mol. The number of imide groups is 1. The first-order valence-electron chi connectivity index (χ1n) is 7.18. The molecule has 1 saturated heterocycles. The Hall–Kier alpha value is -2.18. The van der Waals surface area contributed by atoms with Gasteiger partial charge in [0, 0.05) is 24.9 Å². The minimum absolute atomic E-state index is 0.143. The predicted molar refractivity (Wildman–Crippen MR) is 77.6 cm³/mol. The van der Waals surface area contributed by atoms with Gasteiger partial charge in [-0.1, -0.05) is 0 Å². The van der Waals surface area contributed by atoms with Gasteiger partial charge in [-0.15, -0.1) is 0 Å². The molecule has 1 saturated carbocycles. The molecule has 1 atom stereocenters. The Morgan fingerprint density at radius 3 is 2.62 bits per heavy atom. The number of likely N-dealkylation sites (tertiary alicyclic amines) is 1. The molecule has 0 spiro atoms. The average Bonchev–Trinajstić information content (AvgIpc) is 3.28. The van der Waals surface area contributed by atoms with Gasteiger partial charge in [-0.3, -0.25) is 14.5 Å². The van der Waals surface area contributed by atoms with Crippen LogP contribution < -0.4 is 11.1 Å². The summed E-state index contributed by atoms with van der Waals surface area (Å²) in [7, 11) is 1.51. The van der Waals surface area contributed by atoms with Crippen molar-refractivity contribution in [2.24, 2.45) is 0 Å². The number of anilines is 2. The molecular formula is C14H19N5O2. The van der Waals surface area contributed by atoms with E-state index in [1.165, 1.54) is 11.9 Å². The lowest BCUT2D eigenvalue weighted by molar-refractivity contribution is -0.146. The fraction of sp³-hybridized carbons (Fsp3) is 0.571. The lowest BCUT2D eigenvalue weighted by Crippen LogP contribution is -2.48. The number of likely N-dealkylation sites (N-methyl/N-ethyl adjacent to an activating group) is 1. The molecule has 21 heavy (non-hydrogen) atoms. The number of rotatable bonds is 3. The van der Waals surface area contributed by atoms with Crippen LogP contribution in [0.1, 0.15) is 43.0 Å². The zero-order valence-electron chi connectivity index (χ0n) is 12.2. The van der Waals surface area contributed by atoms with Gasteiger partial charge in [-0.2, -0.15) is 0 Å². The number of amides is 2. The molecule has 112 valence electrons. The molecule has 1 aromatic rings. The van der Waals surface area contributed by atoms with Crippen LogP contribution in [0.15, 0.2) is 0 Å².